The Bertz CT molecular complexity index is 989. The van der Waals surface area contributed by atoms with Gasteiger partial charge in [-0.1, -0.05) is 80.3 Å². The fraction of sp³-hybridized carbons (Fsp3) is 0.458. The van der Waals surface area contributed by atoms with E-state index < -0.39 is 0 Å². The fourth-order valence-electron chi connectivity index (χ4n) is 4.39. The van der Waals surface area contributed by atoms with Crippen LogP contribution in [0.1, 0.15) is 51.3 Å². The average molecular weight is 423 g/mol. The zero-order valence-electron chi connectivity index (χ0n) is 17.6. The van der Waals surface area contributed by atoms with Crippen molar-refractivity contribution in [1.29, 1.82) is 0 Å². The maximum Gasteiger partial charge on any atom is 0.234 e. The summed E-state index contributed by atoms with van der Waals surface area (Å²) in [5.74, 6) is 2.19. The number of amides is 1. The number of nitrogens with zero attached hydrogens (tertiary/aromatic N) is 3. The summed E-state index contributed by atoms with van der Waals surface area (Å²) < 4.78 is 2.17. The van der Waals surface area contributed by atoms with Crippen LogP contribution in [0, 0.1) is 5.92 Å². The summed E-state index contributed by atoms with van der Waals surface area (Å²) in [5, 5.41) is 14.9. The van der Waals surface area contributed by atoms with Crippen LogP contribution < -0.4 is 5.32 Å². The molecule has 4 rings (SSSR count). The number of anilines is 1. The van der Waals surface area contributed by atoms with Gasteiger partial charge in [0.2, 0.25) is 5.91 Å². The molecule has 0 bridgehead atoms. The van der Waals surface area contributed by atoms with Gasteiger partial charge >= 0.3 is 0 Å². The summed E-state index contributed by atoms with van der Waals surface area (Å²) in [7, 11) is 0. The Hall–Kier alpha value is -2.34. The Kier molecular flexibility index (Phi) is 7.05. The summed E-state index contributed by atoms with van der Waals surface area (Å²) >= 11 is 1.46. The monoisotopic (exact) mass is 422 g/mol. The van der Waals surface area contributed by atoms with E-state index in [9.17, 15) is 4.79 Å². The molecule has 1 fully saturated rings. The van der Waals surface area contributed by atoms with Gasteiger partial charge in [-0.25, -0.2) is 0 Å². The van der Waals surface area contributed by atoms with Gasteiger partial charge in [0, 0.05) is 24.0 Å². The van der Waals surface area contributed by atoms with Gasteiger partial charge < -0.3 is 9.88 Å². The van der Waals surface area contributed by atoms with Gasteiger partial charge in [0.25, 0.3) is 0 Å². The Morgan fingerprint density at radius 2 is 1.90 bits per heavy atom. The minimum Gasteiger partial charge on any atom is -0.325 e. The Morgan fingerprint density at radius 3 is 2.73 bits per heavy atom. The number of aryl methyl sites for hydroxylation is 1. The second-order valence-electron chi connectivity index (χ2n) is 8.05. The lowest BCUT2D eigenvalue weighted by atomic mass is 9.86. The molecule has 3 aromatic rings. The van der Waals surface area contributed by atoms with Crippen molar-refractivity contribution in [1.82, 2.24) is 14.8 Å². The zero-order chi connectivity index (χ0) is 20.8. The second kappa shape index (κ2) is 10.1. The van der Waals surface area contributed by atoms with Crippen molar-refractivity contribution in [2.75, 3.05) is 11.1 Å². The molecule has 1 amide bonds. The maximum absolute atomic E-state index is 12.6. The van der Waals surface area contributed by atoms with Gasteiger partial charge in [-0.2, -0.15) is 0 Å². The topological polar surface area (TPSA) is 59.8 Å². The zero-order valence-corrected chi connectivity index (χ0v) is 18.5. The summed E-state index contributed by atoms with van der Waals surface area (Å²) in [6.45, 7) is 2.95. The molecule has 1 heterocycles. The van der Waals surface area contributed by atoms with E-state index in [4.69, 9.17) is 0 Å². The number of aromatic nitrogens is 3. The molecule has 1 aliphatic carbocycles. The third-order valence-electron chi connectivity index (χ3n) is 6.01. The van der Waals surface area contributed by atoms with Crippen LogP contribution in [0.25, 0.3) is 10.8 Å². The second-order valence-corrected chi connectivity index (χ2v) is 8.99. The van der Waals surface area contributed by atoms with Gasteiger partial charge in [-0.15, -0.1) is 10.2 Å². The van der Waals surface area contributed by atoms with Crippen LogP contribution in [-0.4, -0.2) is 26.4 Å². The van der Waals surface area contributed by atoms with Crippen molar-refractivity contribution in [3.63, 3.8) is 0 Å². The van der Waals surface area contributed by atoms with Crippen LogP contribution in [0.4, 0.5) is 5.69 Å². The summed E-state index contributed by atoms with van der Waals surface area (Å²) in [6, 6.07) is 14.1. The lowest BCUT2D eigenvalue weighted by Gasteiger charge is -2.21. The first kappa shape index (κ1) is 20.9. The van der Waals surface area contributed by atoms with Crippen LogP contribution in [-0.2, 0) is 17.8 Å². The normalized spacial score (nSPS) is 14.8. The lowest BCUT2D eigenvalue weighted by Crippen LogP contribution is -2.15. The molecule has 6 heteroatoms. The van der Waals surface area contributed by atoms with Crippen molar-refractivity contribution in [3.05, 3.63) is 48.3 Å². The molecule has 0 aliphatic heterocycles. The number of carbonyl (C=O) groups excluding carboxylic acids is 1. The number of rotatable bonds is 8. The highest BCUT2D eigenvalue weighted by Gasteiger charge is 2.17. The number of hydrogen-bond donors (Lipinski definition) is 1. The molecule has 1 aromatic heterocycles. The van der Waals surface area contributed by atoms with Crippen LogP contribution >= 0.6 is 11.8 Å². The van der Waals surface area contributed by atoms with E-state index in [-0.39, 0.29) is 5.91 Å². The number of fused-ring (bicyclic) bond motifs is 1. The Labute approximate surface area is 182 Å². The maximum atomic E-state index is 12.6. The van der Waals surface area contributed by atoms with Crippen molar-refractivity contribution in [2.24, 2.45) is 5.92 Å². The molecule has 158 valence electrons. The third kappa shape index (κ3) is 5.04. The van der Waals surface area contributed by atoms with Gasteiger partial charge in [0.15, 0.2) is 5.16 Å². The molecule has 5 nitrogen and oxygen atoms in total. The van der Waals surface area contributed by atoms with Crippen LogP contribution in [0.2, 0.25) is 0 Å². The van der Waals surface area contributed by atoms with Crippen molar-refractivity contribution in [3.8, 4) is 0 Å². The Balaban J connectivity index is 1.35. The first-order valence-corrected chi connectivity index (χ1v) is 12.1. The van der Waals surface area contributed by atoms with Gasteiger partial charge in [-0.3, -0.25) is 4.79 Å². The summed E-state index contributed by atoms with van der Waals surface area (Å²) in [6.07, 6.45) is 9.03. The molecule has 30 heavy (non-hydrogen) atoms. The molecule has 0 unspecified atom stereocenters. The summed E-state index contributed by atoms with van der Waals surface area (Å²) in [4.78, 5) is 12.6. The number of thioether (sulfide) groups is 1. The predicted molar refractivity (Wildman–Crippen MR) is 124 cm³/mol. The highest BCUT2D eigenvalue weighted by molar-refractivity contribution is 7.99. The first-order valence-electron chi connectivity index (χ1n) is 11.1. The van der Waals surface area contributed by atoms with Gasteiger partial charge in [-0.05, 0) is 30.7 Å². The molecule has 0 atom stereocenters. The first-order chi connectivity index (χ1) is 14.7. The number of benzene rings is 2. The van der Waals surface area contributed by atoms with E-state index in [2.05, 4.69) is 39.1 Å². The third-order valence-corrected chi connectivity index (χ3v) is 6.97. The quantitative estimate of drug-likeness (QED) is 0.473. The molecule has 0 spiro atoms. The molecule has 0 saturated heterocycles. The largest absolute Gasteiger partial charge is 0.325 e. The Morgan fingerprint density at radius 1 is 1.10 bits per heavy atom. The van der Waals surface area contributed by atoms with E-state index >= 15 is 0 Å². The average Bonchev–Trinajstić information content (AvgIpc) is 3.19. The van der Waals surface area contributed by atoms with Crippen LogP contribution in [0.5, 0.6) is 0 Å². The fourth-order valence-corrected chi connectivity index (χ4v) is 5.21. The van der Waals surface area contributed by atoms with Crippen molar-refractivity contribution in [2.45, 2.75) is 63.6 Å². The van der Waals surface area contributed by atoms with E-state index in [1.807, 2.05) is 30.3 Å². The van der Waals surface area contributed by atoms with E-state index in [0.29, 0.717) is 5.75 Å². The number of carbonyl (C=O) groups is 1. The van der Waals surface area contributed by atoms with Gasteiger partial charge in [0.05, 0.1) is 5.75 Å². The number of nitrogens with one attached hydrogen (secondary N) is 1. The molecular formula is C24H30N4OS. The molecule has 1 N–H and O–H groups in total. The minimum absolute atomic E-state index is 0.0224. The molecule has 1 aliphatic rings. The van der Waals surface area contributed by atoms with E-state index in [0.717, 1.165) is 46.3 Å². The van der Waals surface area contributed by atoms with E-state index in [1.165, 1.54) is 50.3 Å². The molecule has 2 aromatic carbocycles. The molecular weight excluding hydrogens is 392 g/mol. The molecule has 1 saturated carbocycles. The SMILES string of the molecule is CCn1c(CCC2CCCCC2)nnc1SCC(=O)Nc1cccc2ccccc12. The highest BCUT2D eigenvalue weighted by Crippen LogP contribution is 2.28. The van der Waals surface area contributed by atoms with E-state index in [1.54, 1.807) is 0 Å². The van der Waals surface area contributed by atoms with Crippen LogP contribution in [0.3, 0.4) is 0 Å². The van der Waals surface area contributed by atoms with Gasteiger partial charge in [0.1, 0.15) is 5.82 Å². The summed E-state index contributed by atoms with van der Waals surface area (Å²) in [5.41, 5.74) is 0.851. The van der Waals surface area contributed by atoms with Crippen molar-refractivity contribution < 1.29 is 4.79 Å². The smallest absolute Gasteiger partial charge is 0.234 e. The minimum atomic E-state index is -0.0224. The number of hydrogen-bond acceptors (Lipinski definition) is 4. The van der Waals surface area contributed by atoms with Crippen LogP contribution in [0.15, 0.2) is 47.6 Å². The standard InChI is InChI=1S/C24H30N4OS/c1-2-28-22(16-15-18-9-4-3-5-10-18)26-27-24(28)30-17-23(29)25-21-14-8-12-19-11-6-7-13-20(19)21/h6-8,11-14,18H,2-5,9-10,15-17H2,1H3,(H,25,29). The lowest BCUT2D eigenvalue weighted by molar-refractivity contribution is -0.113. The van der Waals surface area contributed by atoms with Crippen molar-refractivity contribution >= 4 is 34.1 Å². The highest BCUT2D eigenvalue weighted by atomic mass is 32.2. The predicted octanol–water partition coefficient (Wildman–Crippen LogP) is 5.69. The molecule has 0 radical (unpaired) electrons.